The van der Waals surface area contributed by atoms with Crippen LogP contribution in [0.3, 0.4) is 0 Å². The number of aromatic nitrogens is 1. The molecule has 0 spiro atoms. The van der Waals surface area contributed by atoms with Crippen molar-refractivity contribution >= 4 is 37.4 Å². The predicted octanol–water partition coefficient (Wildman–Crippen LogP) is 2.35. The Morgan fingerprint density at radius 2 is 1.95 bits per heavy atom. The van der Waals surface area contributed by atoms with Gasteiger partial charge in [-0.3, -0.25) is 4.98 Å². The van der Waals surface area contributed by atoms with Crippen LogP contribution in [0.4, 0.5) is 5.69 Å². The number of nitrogens with zero attached hydrogens (tertiary/aromatic N) is 1. The van der Waals surface area contributed by atoms with Crippen LogP contribution < -0.4 is 5.73 Å². The highest BCUT2D eigenvalue weighted by molar-refractivity contribution is 9.10. The molecule has 2 N–H and O–H groups in total. The highest BCUT2D eigenvalue weighted by Crippen LogP contribution is 2.33. The molecular formula is C14H13BrN2O4S. The van der Waals surface area contributed by atoms with Crippen molar-refractivity contribution in [2.24, 2.45) is 0 Å². The molecule has 2 rings (SSSR count). The molecule has 0 saturated heterocycles. The Kier molecular flexibility index (Phi) is 4.52. The fraction of sp³-hybridized carbons (Fsp3) is 0.143. The van der Waals surface area contributed by atoms with Crippen molar-refractivity contribution in [2.75, 3.05) is 12.8 Å². The molecule has 0 aliphatic heterocycles. The molecule has 0 bridgehead atoms. The maximum Gasteiger partial charge on any atom is 0.339 e. The van der Waals surface area contributed by atoms with Gasteiger partial charge >= 0.3 is 5.97 Å². The molecule has 0 fully saturated rings. The van der Waals surface area contributed by atoms with Gasteiger partial charge in [0, 0.05) is 16.9 Å². The number of rotatable bonds is 3. The number of sulfone groups is 1. The number of nitrogens with two attached hydrogens (primary N) is 1. The number of carbonyl (C=O) groups excluding carboxylic acids is 1. The lowest BCUT2D eigenvalue weighted by Crippen LogP contribution is -2.13. The van der Waals surface area contributed by atoms with Crippen molar-refractivity contribution in [3.8, 4) is 0 Å². The molecular weight excluding hydrogens is 372 g/mol. The highest BCUT2D eigenvalue weighted by Gasteiger charge is 2.27. The largest absolute Gasteiger partial charge is 0.465 e. The van der Waals surface area contributed by atoms with E-state index in [9.17, 15) is 13.2 Å². The summed E-state index contributed by atoms with van der Waals surface area (Å²) in [5, 5.41) is 0. The van der Waals surface area contributed by atoms with Crippen molar-refractivity contribution in [3.05, 3.63) is 46.2 Å². The molecule has 0 unspecified atom stereocenters. The van der Waals surface area contributed by atoms with Crippen LogP contribution in [-0.4, -0.2) is 26.5 Å². The van der Waals surface area contributed by atoms with Gasteiger partial charge in [0.2, 0.25) is 9.84 Å². The van der Waals surface area contributed by atoms with Gasteiger partial charge in [-0.15, -0.1) is 0 Å². The molecule has 2 aromatic rings. The summed E-state index contributed by atoms with van der Waals surface area (Å²) in [5.74, 6) is -0.756. The van der Waals surface area contributed by atoms with Crippen LogP contribution in [0.5, 0.6) is 0 Å². The third kappa shape index (κ3) is 2.71. The monoisotopic (exact) mass is 384 g/mol. The summed E-state index contributed by atoms with van der Waals surface area (Å²) in [5.41, 5.74) is 6.56. The molecule has 1 aromatic carbocycles. The maximum absolute atomic E-state index is 12.8. The quantitative estimate of drug-likeness (QED) is 0.643. The fourth-order valence-corrected chi connectivity index (χ4v) is 3.82. The number of methoxy groups -OCH3 is 1. The summed E-state index contributed by atoms with van der Waals surface area (Å²) >= 11 is 3.29. The number of hydrogen-bond donors (Lipinski definition) is 1. The Hall–Kier alpha value is -1.93. The second-order valence-corrected chi connectivity index (χ2v) is 7.19. The molecule has 8 heteroatoms. The SMILES string of the molecule is COC(=O)c1ccncc1S(=O)(=O)c1ccc(Br)c(C)c1N. The Morgan fingerprint density at radius 1 is 1.27 bits per heavy atom. The summed E-state index contributed by atoms with van der Waals surface area (Å²) in [4.78, 5) is 15.2. The van der Waals surface area contributed by atoms with Gasteiger partial charge in [-0.2, -0.15) is 0 Å². The van der Waals surface area contributed by atoms with E-state index in [4.69, 9.17) is 5.73 Å². The molecule has 0 aliphatic carbocycles. The van der Waals surface area contributed by atoms with Gasteiger partial charge in [0.1, 0.15) is 4.90 Å². The minimum Gasteiger partial charge on any atom is -0.465 e. The van der Waals surface area contributed by atoms with E-state index in [1.807, 2.05) is 0 Å². The van der Waals surface area contributed by atoms with Gasteiger partial charge < -0.3 is 10.5 Å². The second kappa shape index (κ2) is 6.05. The molecule has 116 valence electrons. The van der Waals surface area contributed by atoms with E-state index in [0.717, 1.165) is 6.20 Å². The van der Waals surface area contributed by atoms with Crippen LogP contribution in [-0.2, 0) is 14.6 Å². The fourth-order valence-electron chi connectivity index (χ4n) is 1.90. The molecule has 0 atom stereocenters. The summed E-state index contributed by atoms with van der Waals surface area (Å²) in [6, 6.07) is 4.27. The molecule has 0 amide bonds. The normalized spacial score (nSPS) is 11.2. The molecule has 0 saturated carbocycles. The van der Waals surface area contributed by atoms with E-state index in [2.05, 4.69) is 25.7 Å². The van der Waals surface area contributed by atoms with Gasteiger partial charge in [0.05, 0.1) is 23.3 Å². The number of ether oxygens (including phenoxy) is 1. The van der Waals surface area contributed by atoms with Gasteiger partial charge in [0.15, 0.2) is 0 Å². The minimum atomic E-state index is -4.00. The number of halogens is 1. The van der Waals surface area contributed by atoms with E-state index in [-0.39, 0.29) is 21.0 Å². The Labute approximate surface area is 136 Å². The standard InChI is InChI=1S/C14H13BrN2O4S/c1-8-10(15)3-4-11(13(8)16)22(19,20)12-7-17-6-5-9(12)14(18)21-2/h3-7H,16H2,1-2H3. The van der Waals surface area contributed by atoms with Crippen LogP contribution in [0.15, 0.2) is 44.9 Å². The third-order valence-electron chi connectivity index (χ3n) is 3.18. The van der Waals surface area contributed by atoms with E-state index >= 15 is 0 Å². The molecule has 0 radical (unpaired) electrons. The lowest BCUT2D eigenvalue weighted by Gasteiger charge is -2.12. The Bertz CT molecular complexity index is 850. The number of carbonyl (C=O) groups is 1. The highest BCUT2D eigenvalue weighted by atomic mass is 79.9. The Morgan fingerprint density at radius 3 is 2.59 bits per heavy atom. The van der Waals surface area contributed by atoms with E-state index in [0.29, 0.717) is 10.0 Å². The lowest BCUT2D eigenvalue weighted by molar-refractivity contribution is 0.0596. The van der Waals surface area contributed by atoms with Crippen molar-refractivity contribution in [1.29, 1.82) is 0 Å². The molecule has 6 nitrogen and oxygen atoms in total. The molecule has 1 heterocycles. The lowest BCUT2D eigenvalue weighted by atomic mass is 10.2. The molecule has 0 aliphatic rings. The zero-order valence-corrected chi connectivity index (χ0v) is 14.2. The minimum absolute atomic E-state index is 0.0775. The van der Waals surface area contributed by atoms with Crippen molar-refractivity contribution in [1.82, 2.24) is 4.98 Å². The number of benzene rings is 1. The van der Waals surface area contributed by atoms with Crippen LogP contribution in [0.25, 0.3) is 0 Å². The average molecular weight is 385 g/mol. The van der Waals surface area contributed by atoms with E-state index in [1.54, 1.807) is 13.0 Å². The van der Waals surface area contributed by atoms with E-state index < -0.39 is 15.8 Å². The van der Waals surface area contributed by atoms with Gasteiger partial charge in [-0.25, -0.2) is 13.2 Å². The number of anilines is 1. The van der Waals surface area contributed by atoms with Gasteiger partial charge in [-0.1, -0.05) is 15.9 Å². The average Bonchev–Trinajstić information content (AvgIpc) is 2.51. The van der Waals surface area contributed by atoms with Crippen molar-refractivity contribution < 1.29 is 17.9 Å². The van der Waals surface area contributed by atoms with E-state index in [1.165, 1.54) is 25.4 Å². The number of pyridine rings is 1. The van der Waals surface area contributed by atoms with Crippen LogP contribution >= 0.6 is 15.9 Å². The van der Waals surface area contributed by atoms with Gasteiger partial charge in [0.25, 0.3) is 0 Å². The smallest absolute Gasteiger partial charge is 0.339 e. The first-order valence-electron chi connectivity index (χ1n) is 6.12. The topological polar surface area (TPSA) is 99.3 Å². The number of esters is 1. The summed E-state index contributed by atoms with van der Waals surface area (Å²) in [7, 11) is -2.83. The molecule has 22 heavy (non-hydrogen) atoms. The first-order valence-corrected chi connectivity index (χ1v) is 8.40. The number of hydrogen-bond acceptors (Lipinski definition) is 6. The predicted molar refractivity (Wildman–Crippen MR) is 84.3 cm³/mol. The summed E-state index contributed by atoms with van der Waals surface area (Å²) < 4.78 is 30.9. The summed E-state index contributed by atoms with van der Waals surface area (Å²) in [6.07, 6.45) is 2.43. The molecule has 1 aromatic heterocycles. The first kappa shape index (κ1) is 16.4. The van der Waals surface area contributed by atoms with Crippen molar-refractivity contribution in [3.63, 3.8) is 0 Å². The van der Waals surface area contributed by atoms with Crippen molar-refractivity contribution in [2.45, 2.75) is 16.7 Å². The Balaban J connectivity index is 2.73. The zero-order chi connectivity index (χ0) is 16.5. The van der Waals surface area contributed by atoms with Gasteiger partial charge in [-0.05, 0) is 30.7 Å². The third-order valence-corrected chi connectivity index (χ3v) is 5.88. The zero-order valence-electron chi connectivity index (χ0n) is 11.8. The second-order valence-electron chi connectivity index (χ2n) is 4.45. The maximum atomic E-state index is 12.8. The first-order chi connectivity index (χ1) is 10.3. The summed E-state index contributed by atoms with van der Waals surface area (Å²) in [6.45, 7) is 1.70. The van der Waals surface area contributed by atoms with Crippen LogP contribution in [0, 0.1) is 6.92 Å². The van der Waals surface area contributed by atoms with Crippen LogP contribution in [0.2, 0.25) is 0 Å². The van der Waals surface area contributed by atoms with Crippen LogP contribution in [0.1, 0.15) is 15.9 Å². The number of nitrogen functional groups attached to an aromatic ring is 1.